The highest BCUT2D eigenvalue weighted by Crippen LogP contribution is 2.51. The van der Waals surface area contributed by atoms with E-state index in [0.29, 0.717) is 5.69 Å². The Morgan fingerprint density at radius 2 is 0.447 bits per heavy atom. The minimum atomic E-state index is 0.579. The van der Waals surface area contributed by atoms with Gasteiger partial charge in [0.1, 0.15) is 45.6 Å². The lowest BCUT2D eigenvalue weighted by atomic mass is 9.89. The van der Waals surface area contributed by atoms with Gasteiger partial charge in [-0.2, -0.15) is 0 Å². The van der Waals surface area contributed by atoms with E-state index >= 15 is 0 Å². The fraction of sp³-hybridized carbons (Fsp3) is 0. The minimum absolute atomic E-state index is 0.579. The van der Waals surface area contributed by atoms with Crippen molar-refractivity contribution in [2.24, 2.45) is 5.11 Å². The molecule has 25 heteroatoms. The molecule has 103 heavy (non-hydrogen) atoms. The standard InChI is InChI=1S/2C28H14Br4N6.C16H8.C6H3Br2N3/c29-19-11-5-12-20(30)27(19)37-25-17-9-3-1-7-15(17)23-26(18-10-4-2-8-16(18)24(25)34-36-37)38(35-33-23)28-21(31)13-6-14-22(28)32;29-19-11-5-12-20(30)27(19)37-25-17-9-3-4-10-18(17)26-24(16-8-2-1-7-15(16)23(25)33-35-37)34-36-38(26)28-21(31)13-6-14-22(28)32;1-2-6-14-11-12-16-8-4-3-7-15(16)10-9-13(14)5-1;7-4-2-1-3-5(8)6(4)10-11-9/h2*1-14H;1-8H;1-3H. The summed E-state index contributed by atoms with van der Waals surface area (Å²) in [6, 6.07) is 78.2. The molecule has 15 nitrogen and oxygen atoms in total. The van der Waals surface area contributed by atoms with Crippen molar-refractivity contribution in [3.63, 3.8) is 0 Å². The van der Waals surface area contributed by atoms with Gasteiger partial charge in [0.25, 0.3) is 0 Å². The quantitative estimate of drug-likeness (QED) is 0.0709. The van der Waals surface area contributed by atoms with E-state index in [0.717, 1.165) is 180 Å². The molecule has 0 aliphatic heterocycles. The summed E-state index contributed by atoms with van der Waals surface area (Å²) in [5, 5.41) is 41.2. The highest BCUT2D eigenvalue weighted by atomic mass is 79.9. The summed E-state index contributed by atoms with van der Waals surface area (Å²) in [5.41, 5.74) is 30.5. The van der Waals surface area contributed by atoms with Gasteiger partial charge in [0.05, 0.1) is 28.4 Å². The lowest BCUT2D eigenvalue weighted by Crippen LogP contribution is -2.06. The maximum absolute atomic E-state index is 8.19. The Hall–Kier alpha value is -8.79. The number of halogens is 10. The first-order valence-electron chi connectivity index (χ1n) is 31.0. The van der Waals surface area contributed by atoms with Crippen LogP contribution in [0.1, 0.15) is 22.3 Å². The van der Waals surface area contributed by atoms with E-state index in [1.807, 2.05) is 207 Å². The van der Waals surface area contributed by atoms with Gasteiger partial charge in [0.15, 0.2) is 0 Å². The summed E-state index contributed by atoms with van der Waals surface area (Å²) in [6.45, 7) is 0. The second-order valence-electron chi connectivity index (χ2n) is 22.6. The topological polar surface area (TPSA) is 172 Å². The van der Waals surface area contributed by atoms with Crippen LogP contribution in [-0.4, -0.2) is 60.0 Å². The van der Waals surface area contributed by atoms with Gasteiger partial charge in [-0.05, 0) is 218 Å². The van der Waals surface area contributed by atoms with Crippen LogP contribution >= 0.6 is 159 Å². The second-order valence-corrected chi connectivity index (χ2v) is 31.2. The van der Waals surface area contributed by atoms with Crippen LogP contribution in [0.5, 0.6) is 0 Å². The molecule has 0 radical (unpaired) electrons. The van der Waals surface area contributed by atoms with Crippen LogP contribution in [0.4, 0.5) is 5.69 Å². The first-order valence-corrected chi connectivity index (χ1v) is 38.9. The minimum Gasteiger partial charge on any atom is -0.210 e. The predicted molar refractivity (Wildman–Crippen MR) is 440 cm³/mol. The highest BCUT2D eigenvalue weighted by Gasteiger charge is 2.35. The van der Waals surface area contributed by atoms with E-state index in [4.69, 9.17) is 25.9 Å². The number of hydrogen-bond donors (Lipinski definition) is 0. The van der Waals surface area contributed by atoms with E-state index in [1.165, 1.54) is 0 Å². The van der Waals surface area contributed by atoms with E-state index in [1.54, 1.807) is 0 Å². The average molecular weight is 1990 g/mol. The number of aromatic nitrogens is 12. The molecule has 0 atom stereocenters. The maximum Gasteiger partial charge on any atom is 0.122 e. The van der Waals surface area contributed by atoms with Crippen molar-refractivity contribution < 1.29 is 0 Å². The summed E-state index contributed by atoms with van der Waals surface area (Å²) in [7, 11) is 0. The number of nitrogens with zero attached hydrogens (tertiary/aromatic N) is 15. The van der Waals surface area contributed by atoms with Crippen molar-refractivity contribution >= 4 is 165 Å². The van der Waals surface area contributed by atoms with Gasteiger partial charge in [-0.25, -0.2) is 18.7 Å². The van der Waals surface area contributed by atoms with Gasteiger partial charge in [-0.15, -0.1) is 20.4 Å². The van der Waals surface area contributed by atoms with Gasteiger partial charge >= 0.3 is 0 Å². The normalized spacial score (nSPS) is 11.2. The number of azide groups is 1. The second kappa shape index (κ2) is 30.5. The molecule has 0 saturated carbocycles. The van der Waals surface area contributed by atoms with E-state index in [-0.39, 0.29) is 0 Å². The van der Waals surface area contributed by atoms with Crippen LogP contribution < -0.4 is 0 Å². The monoisotopic (exact) mass is 1970 g/mol. The number of hydrogen-bond acceptors (Lipinski definition) is 9. The molecule has 0 amide bonds. The summed E-state index contributed by atoms with van der Waals surface area (Å²) in [5.74, 6) is 12.7. The lowest BCUT2D eigenvalue weighted by molar-refractivity contribution is 0.799. The molecular formula is C78H39Br10N15. The van der Waals surface area contributed by atoms with Gasteiger partial charge < -0.3 is 0 Å². The molecule has 0 bridgehead atoms. The van der Waals surface area contributed by atoms with E-state index in [2.05, 4.69) is 262 Å². The third-order valence-corrected chi connectivity index (χ3v) is 23.0. The Kier molecular flexibility index (Phi) is 20.7. The zero-order valence-electron chi connectivity index (χ0n) is 52.5. The molecule has 4 heterocycles. The van der Waals surface area contributed by atoms with Gasteiger partial charge in [0, 0.05) is 116 Å². The summed E-state index contributed by atoms with van der Waals surface area (Å²) in [6.07, 6.45) is 0. The molecule has 496 valence electrons. The Balaban J connectivity index is 0.000000123. The SMILES string of the molecule is Brc1cccc(Br)c1-n1nnc2c1-c1ccccc1-c1c(nnn1-c1c(Br)cccc1Br)-c1ccccc1-2.Brc1cccc(Br)c1-n1nnc2c1-c1ccccc1-c1nnn(-c3c(Br)cccc3Br)c1-c1ccccc1-2.C1#Cc2ccccc2C#Cc2ccccc21.[N-]=[N+]=Nc1c(Br)cccc1Br. The molecule has 0 fully saturated rings. The van der Waals surface area contributed by atoms with Crippen molar-refractivity contribution in [3.8, 4) is 136 Å². The zero-order valence-corrected chi connectivity index (χ0v) is 68.4. The molecule has 3 aliphatic rings. The molecule has 0 spiro atoms. The van der Waals surface area contributed by atoms with Gasteiger partial charge in [-0.3, -0.25) is 0 Å². The largest absolute Gasteiger partial charge is 0.210 e. The summed E-state index contributed by atoms with van der Waals surface area (Å²) in [4.78, 5) is 2.69. The lowest BCUT2D eigenvalue weighted by Gasteiger charge is -2.20. The summed E-state index contributed by atoms with van der Waals surface area (Å²) >= 11 is 36.3. The number of fused-ring (bicyclic) bond motifs is 18. The van der Waals surface area contributed by atoms with E-state index < -0.39 is 0 Å². The molecule has 11 aromatic carbocycles. The molecule has 15 aromatic rings. The van der Waals surface area contributed by atoms with Gasteiger partial charge in [0.2, 0.25) is 0 Å². The van der Waals surface area contributed by atoms with Crippen molar-refractivity contribution in [2.75, 3.05) is 0 Å². The Bertz CT molecular complexity index is 5620. The molecule has 0 N–H and O–H groups in total. The van der Waals surface area contributed by atoms with Crippen molar-refractivity contribution in [3.05, 3.63) is 314 Å². The molecular weight excluding hydrogens is 1950 g/mol. The van der Waals surface area contributed by atoms with Crippen LogP contribution in [-0.2, 0) is 0 Å². The Labute approximate surface area is 673 Å². The van der Waals surface area contributed by atoms with Gasteiger partial charge in [-0.1, -0.05) is 233 Å². The molecule has 4 aromatic heterocycles. The van der Waals surface area contributed by atoms with Crippen LogP contribution in [0.15, 0.2) is 286 Å². The van der Waals surface area contributed by atoms with Crippen LogP contribution in [0, 0.1) is 23.7 Å². The Morgan fingerprint density at radius 3 is 0.680 bits per heavy atom. The van der Waals surface area contributed by atoms with Crippen LogP contribution in [0.25, 0.3) is 123 Å². The molecule has 18 rings (SSSR count). The first-order chi connectivity index (χ1) is 50.3. The predicted octanol–water partition coefficient (Wildman–Crippen LogP) is 24.7. The zero-order chi connectivity index (χ0) is 71.0. The smallest absolute Gasteiger partial charge is 0.122 e. The number of benzene rings is 11. The third-order valence-electron chi connectivity index (χ3n) is 16.6. The van der Waals surface area contributed by atoms with Crippen LogP contribution in [0.3, 0.4) is 0 Å². The summed E-state index contributed by atoms with van der Waals surface area (Å²) < 4.78 is 16.3. The Morgan fingerprint density at radius 1 is 0.252 bits per heavy atom. The van der Waals surface area contributed by atoms with Crippen molar-refractivity contribution in [1.29, 1.82) is 0 Å². The van der Waals surface area contributed by atoms with Crippen molar-refractivity contribution in [1.82, 2.24) is 60.0 Å². The molecule has 3 aliphatic carbocycles. The number of para-hydroxylation sites is 4. The number of rotatable bonds is 5. The van der Waals surface area contributed by atoms with Crippen molar-refractivity contribution in [2.45, 2.75) is 0 Å². The van der Waals surface area contributed by atoms with E-state index in [9.17, 15) is 0 Å². The highest BCUT2D eigenvalue weighted by molar-refractivity contribution is 9.12. The average Bonchev–Trinajstić information content (AvgIpc) is 1.62. The maximum atomic E-state index is 8.19. The third kappa shape index (κ3) is 13.4. The first kappa shape index (κ1) is 69.9. The molecule has 0 unspecified atom stereocenters. The fourth-order valence-corrected chi connectivity index (χ4v) is 18.6. The van der Waals surface area contributed by atoms with Crippen LogP contribution in [0.2, 0.25) is 0 Å². The molecule has 0 saturated heterocycles. The fourth-order valence-electron chi connectivity index (χ4n) is 12.1.